The van der Waals surface area contributed by atoms with Crippen LogP contribution in [0, 0.1) is 0 Å². The largest absolute Gasteiger partial charge is 0.497 e. The molecule has 26 heavy (non-hydrogen) atoms. The number of aromatic nitrogens is 1. The minimum Gasteiger partial charge on any atom is -0.497 e. The van der Waals surface area contributed by atoms with Gasteiger partial charge in [0.1, 0.15) is 17.3 Å². The number of nitrogens with one attached hydrogen (secondary N) is 2. The molecule has 0 aliphatic carbocycles. The van der Waals surface area contributed by atoms with E-state index in [4.69, 9.17) is 9.47 Å². The van der Waals surface area contributed by atoms with Crippen molar-refractivity contribution in [2.75, 3.05) is 19.5 Å². The molecule has 1 heterocycles. The van der Waals surface area contributed by atoms with Gasteiger partial charge in [-0.3, -0.25) is 9.59 Å². The molecule has 0 saturated carbocycles. The van der Waals surface area contributed by atoms with Gasteiger partial charge in [0, 0.05) is 18.0 Å². The first-order valence-corrected chi connectivity index (χ1v) is 7.80. The number of carbonyl (C=O) groups excluding carboxylic acids is 2. The van der Waals surface area contributed by atoms with Gasteiger partial charge < -0.3 is 14.8 Å². The monoisotopic (exact) mass is 356 g/mol. The molecule has 0 unspecified atom stereocenters. The highest BCUT2D eigenvalue weighted by Gasteiger charge is 2.13. The predicted molar refractivity (Wildman–Crippen MR) is 97.6 cm³/mol. The standard InChI is InChI=1S/C18H20N4O4/c1-12(10-17(23)20-16-6-4-5-9-19-16)21-22-18(24)14-8-7-13(25-2)11-15(14)26-3/h4-9,11H,10H2,1-3H3,(H,22,24)(H,19,20,23)/b21-12-. The van der Waals surface area contributed by atoms with Gasteiger partial charge in [-0.1, -0.05) is 6.07 Å². The van der Waals surface area contributed by atoms with Gasteiger partial charge in [0.25, 0.3) is 5.91 Å². The molecule has 0 radical (unpaired) electrons. The average molecular weight is 356 g/mol. The summed E-state index contributed by atoms with van der Waals surface area (Å²) < 4.78 is 10.3. The lowest BCUT2D eigenvalue weighted by Crippen LogP contribution is -2.22. The summed E-state index contributed by atoms with van der Waals surface area (Å²) in [7, 11) is 2.99. The summed E-state index contributed by atoms with van der Waals surface area (Å²) in [5.74, 6) is 0.666. The zero-order chi connectivity index (χ0) is 18.9. The van der Waals surface area contributed by atoms with Crippen LogP contribution in [0.4, 0.5) is 5.82 Å². The van der Waals surface area contributed by atoms with Crippen molar-refractivity contribution in [1.82, 2.24) is 10.4 Å². The third-order valence-corrected chi connectivity index (χ3v) is 3.35. The van der Waals surface area contributed by atoms with Crippen molar-refractivity contribution in [3.63, 3.8) is 0 Å². The van der Waals surface area contributed by atoms with Crippen LogP contribution < -0.4 is 20.2 Å². The smallest absolute Gasteiger partial charge is 0.275 e. The summed E-state index contributed by atoms with van der Waals surface area (Å²) in [6.07, 6.45) is 1.61. The number of carbonyl (C=O) groups is 2. The summed E-state index contributed by atoms with van der Waals surface area (Å²) in [6.45, 7) is 1.64. The van der Waals surface area contributed by atoms with Crippen molar-refractivity contribution in [3.8, 4) is 11.5 Å². The molecule has 136 valence electrons. The maximum atomic E-state index is 12.3. The fourth-order valence-corrected chi connectivity index (χ4v) is 2.09. The van der Waals surface area contributed by atoms with Crippen molar-refractivity contribution >= 4 is 23.3 Å². The van der Waals surface area contributed by atoms with E-state index >= 15 is 0 Å². The van der Waals surface area contributed by atoms with Gasteiger partial charge in [0.15, 0.2) is 0 Å². The molecular formula is C18H20N4O4. The number of methoxy groups -OCH3 is 2. The van der Waals surface area contributed by atoms with Crippen molar-refractivity contribution < 1.29 is 19.1 Å². The number of hydrazone groups is 1. The number of ether oxygens (including phenoxy) is 2. The number of benzene rings is 1. The topological polar surface area (TPSA) is 102 Å². The third kappa shape index (κ3) is 5.30. The van der Waals surface area contributed by atoms with Crippen LogP contribution in [0.1, 0.15) is 23.7 Å². The number of anilines is 1. The van der Waals surface area contributed by atoms with Gasteiger partial charge in [-0.05, 0) is 31.2 Å². The molecule has 0 bridgehead atoms. The quantitative estimate of drug-likeness (QED) is 0.585. The first kappa shape index (κ1) is 18.9. The van der Waals surface area contributed by atoms with Crippen LogP contribution in [0.2, 0.25) is 0 Å². The molecule has 0 spiro atoms. The Kier molecular flexibility index (Phi) is 6.67. The van der Waals surface area contributed by atoms with E-state index in [1.807, 2.05) is 0 Å². The molecule has 2 amide bonds. The number of pyridine rings is 1. The number of nitrogens with zero attached hydrogens (tertiary/aromatic N) is 2. The molecule has 0 saturated heterocycles. The van der Waals surface area contributed by atoms with Gasteiger partial charge >= 0.3 is 0 Å². The highest BCUT2D eigenvalue weighted by molar-refractivity contribution is 6.06. The molecule has 2 N–H and O–H groups in total. The molecule has 8 heteroatoms. The van der Waals surface area contributed by atoms with E-state index in [1.165, 1.54) is 14.2 Å². The lowest BCUT2D eigenvalue weighted by Gasteiger charge is -2.09. The molecule has 2 aromatic rings. The number of hydrogen-bond acceptors (Lipinski definition) is 6. The summed E-state index contributed by atoms with van der Waals surface area (Å²) in [4.78, 5) is 28.2. The molecule has 8 nitrogen and oxygen atoms in total. The normalized spacial score (nSPS) is 10.8. The van der Waals surface area contributed by atoms with Crippen molar-refractivity contribution in [2.45, 2.75) is 13.3 Å². The predicted octanol–water partition coefficient (Wildman–Crippen LogP) is 2.23. The first-order valence-electron chi connectivity index (χ1n) is 7.80. The molecule has 1 aromatic carbocycles. The van der Waals surface area contributed by atoms with Crippen molar-refractivity contribution in [2.24, 2.45) is 5.10 Å². The number of rotatable bonds is 7. The molecule has 0 aliphatic rings. The fourth-order valence-electron chi connectivity index (χ4n) is 2.09. The van der Waals surface area contributed by atoms with E-state index in [1.54, 1.807) is 49.5 Å². The van der Waals surface area contributed by atoms with Gasteiger partial charge in [-0.25, -0.2) is 10.4 Å². The van der Waals surface area contributed by atoms with Gasteiger partial charge in [0.05, 0.1) is 26.2 Å². The highest BCUT2D eigenvalue weighted by atomic mass is 16.5. The van der Waals surface area contributed by atoms with Crippen LogP contribution in [-0.2, 0) is 4.79 Å². The molecule has 0 aliphatic heterocycles. The van der Waals surface area contributed by atoms with E-state index in [0.29, 0.717) is 28.6 Å². The minimum atomic E-state index is -0.450. The van der Waals surface area contributed by atoms with Crippen LogP contribution in [0.15, 0.2) is 47.7 Å². The van der Waals surface area contributed by atoms with Crippen LogP contribution in [0.25, 0.3) is 0 Å². The Balaban J connectivity index is 1.95. The van der Waals surface area contributed by atoms with E-state index in [2.05, 4.69) is 20.8 Å². The van der Waals surface area contributed by atoms with E-state index in [9.17, 15) is 9.59 Å². The number of hydrogen-bond donors (Lipinski definition) is 2. The Labute approximate surface area is 151 Å². The van der Waals surface area contributed by atoms with Crippen LogP contribution in [-0.4, -0.2) is 36.7 Å². The Morgan fingerprint density at radius 3 is 2.62 bits per heavy atom. The van der Waals surface area contributed by atoms with Crippen LogP contribution in [0.3, 0.4) is 0 Å². The summed E-state index contributed by atoms with van der Waals surface area (Å²) in [5.41, 5.74) is 3.16. The maximum Gasteiger partial charge on any atom is 0.275 e. The SMILES string of the molecule is COc1ccc(C(=O)N/N=C(/C)CC(=O)Nc2ccccn2)c(OC)c1. The van der Waals surface area contributed by atoms with Crippen molar-refractivity contribution in [1.29, 1.82) is 0 Å². The molecule has 0 fully saturated rings. The van der Waals surface area contributed by atoms with Crippen molar-refractivity contribution in [3.05, 3.63) is 48.2 Å². The second-order valence-corrected chi connectivity index (χ2v) is 5.29. The maximum absolute atomic E-state index is 12.3. The van der Waals surface area contributed by atoms with E-state index in [-0.39, 0.29) is 12.3 Å². The third-order valence-electron chi connectivity index (χ3n) is 3.35. The summed E-state index contributed by atoms with van der Waals surface area (Å²) in [5, 5.41) is 6.59. The summed E-state index contributed by atoms with van der Waals surface area (Å²) in [6, 6.07) is 10.0. The minimum absolute atomic E-state index is 0.0244. The fraction of sp³-hybridized carbons (Fsp3) is 0.222. The lowest BCUT2D eigenvalue weighted by atomic mass is 10.2. The zero-order valence-corrected chi connectivity index (χ0v) is 14.8. The molecule has 1 aromatic heterocycles. The van der Waals surface area contributed by atoms with Crippen LogP contribution in [0.5, 0.6) is 11.5 Å². The van der Waals surface area contributed by atoms with Gasteiger partial charge in [0.2, 0.25) is 5.91 Å². The van der Waals surface area contributed by atoms with Gasteiger partial charge in [-0.15, -0.1) is 0 Å². The Bertz CT molecular complexity index is 806. The van der Waals surface area contributed by atoms with E-state index in [0.717, 1.165) is 0 Å². The Morgan fingerprint density at radius 2 is 1.96 bits per heavy atom. The lowest BCUT2D eigenvalue weighted by molar-refractivity contribution is -0.115. The number of amides is 2. The Morgan fingerprint density at radius 1 is 1.15 bits per heavy atom. The zero-order valence-electron chi connectivity index (χ0n) is 14.8. The first-order chi connectivity index (χ1) is 12.5. The molecule has 0 atom stereocenters. The summed E-state index contributed by atoms with van der Waals surface area (Å²) >= 11 is 0. The average Bonchev–Trinajstić information content (AvgIpc) is 2.66. The highest BCUT2D eigenvalue weighted by Crippen LogP contribution is 2.24. The van der Waals surface area contributed by atoms with E-state index < -0.39 is 5.91 Å². The van der Waals surface area contributed by atoms with Gasteiger partial charge in [-0.2, -0.15) is 5.10 Å². The Hall–Kier alpha value is -3.42. The second-order valence-electron chi connectivity index (χ2n) is 5.29. The molecule has 2 rings (SSSR count). The van der Waals surface area contributed by atoms with Crippen LogP contribution >= 0.6 is 0 Å². The second kappa shape index (κ2) is 9.16. The molecular weight excluding hydrogens is 336 g/mol.